The van der Waals surface area contributed by atoms with Gasteiger partial charge in [-0.25, -0.2) is 0 Å². The van der Waals surface area contributed by atoms with Crippen LogP contribution in [0.25, 0.3) is 0 Å². The monoisotopic (exact) mass is 241 g/mol. The molecule has 0 amide bonds. The molecule has 0 saturated heterocycles. The molecular formula is C12H19NO4. The van der Waals surface area contributed by atoms with E-state index in [1.807, 2.05) is 0 Å². The molecule has 0 aliphatic rings. The molecule has 1 rings (SSSR count). The molecule has 1 aromatic carbocycles. The number of aliphatic hydroxyl groups excluding tert-OH is 1. The van der Waals surface area contributed by atoms with E-state index in [1.54, 1.807) is 6.07 Å². The van der Waals surface area contributed by atoms with E-state index in [0.717, 1.165) is 18.5 Å². The fourth-order valence-corrected chi connectivity index (χ4v) is 1.38. The SMILES string of the molecule is OCCOCCCNCc1ccc(O)c(O)c1. The van der Waals surface area contributed by atoms with E-state index in [9.17, 15) is 5.11 Å². The van der Waals surface area contributed by atoms with Gasteiger partial charge in [-0.1, -0.05) is 6.07 Å². The second-order valence-electron chi connectivity index (χ2n) is 3.69. The number of rotatable bonds is 8. The van der Waals surface area contributed by atoms with Crippen LogP contribution in [0.5, 0.6) is 11.5 Å². The van der Waals surface area contributed by atoms with Crippen molar-refractivity contribution in [3.8, 4) is 11.5 Å². The number of phenols is 2. The summed E-state index contributed by atoms with van der Waals surface area (Å²) in [6, 6.07) is 4.76. The van der Waals surface area contributed by atoms with Gasteiger partial charge >= 0.3 is 0 Å². The molecule has 0 radical (unpaired) electrons. The third-order valence-electron chi connectivity index (χ3n) is 2.25. The molecule has 96 valence electrons. The minimum Gasteiger partial charge on any atom is -0.504 e. The third kappa shape index (κ3) is 5.53. The van der Waals surface area contributed by atoms with Crippen molar-refractivity contribution in [2.75, 3.05) is 26.4 Å². The molecule has 0 saturated carbocycles. The molecule has 4 N–H and O–H groups in total. The Morgan fingerprint density at radius 3 is 2.65 bits per heavy atom. The quantitative estimate of drug-likeness (QED) is 0.395. The van der Waals surface area contributed by atoms with Crippen LogP contribution in [0, 0.1) is 0 Å². The molecule has 0 heterocycles. The highest BCUT2D eigenvalue weighted by Gasteiger charge is 1.99. The first kappa shape index (κ1) is 13.8. The highest BCUT2D eigenvalue weighted by molar-refractivity contribution is 5.40. The van der Waals surface area contributed by atoms with Crippen molar-refractivity contribution in [2.45, 2.75) is 13.0 Å². The molecule has 5 nitrogen and oxygen atoms in total. The van der Waals surface area contributed by atoms with Crippen LogP contribution in [0.1, 0.15) is 12.0 Å². The topological polar surface area (TPSA) is 82.0 Å². The summed E-state index contributed by atoms with van der Waals surface area (Å²) in [5.74, 6) is -0.207. The summed E-state index contributed by atoms with van der Waals surface area (Å²) < 4.78 is 5.11. The summed E-state index contributed by atoms with van der Waals surface area (Å²) in [4.78, 5) is 0. The fraction of sp³-hybridized carbons (Fsp3) is 0.500. The Labute approximate surface area is 101 Å². The van der Waals surface area contributed by atoms with Gasteiger partial charge < -0.3 is 25.4 Å². The molecule has 1 aromatic rings. The lowest BCUT2D eigenvalue weighted by Gasteiger charge is -2.06. The van der Waals surface area contributed by atoms with E-state index >= 15 is 0 Å². The second-order valence-corrected chi connectivity index (χ2v) is 3.69. The van der Waals surface area contributed by atoms with Crippen molar-refractivity contribution in [2.24, 2.45) is 0 Å². The molecular weight excluding hydrogens is 222 g/mol. The van der Waals surface area contributed by atoms with Crippen LogP contribution < -0.4 is 5.32 Å². The predicted molar refractivity (Wildman–Crippen MR) is 64.0 cm³/mol. The number of hydrogen-bond acceptors (Lipinski definition) is 5. The zero-order valence-electron chi connectivity index (χ0n) is 9.72. The molecule has 0 aliphatic heterocycles. The maximum Gasteiger partial charge on any atom is 0.157 e. The maximum absolute atomic E-state index is 9.28. The minimum absolute atomic E-state index is 0.0558. The normalized spacial score (nSPS) is 10.6. The highest BCUT2D eigenvalue weighted by Crippen LogP contribution is 2.24. The molecule has 0 atom stereocenters. The fourth-order valence-electron chi connectivity index (χ4n) is 1.38. The molecule has 0 aromatic heterocycles. The van der Waals surface area contributed by atoms with Crippen LogP contribution in [0.3, 0.4) is 0 Å². The van der Waals surface area contributed by atoms with Gasteiger partial charge in [0.1, 0.15) is 0 Å². The van der Waals surface area contributed by atoms with Crippen molar-refractivity contribution in [3.63, 3.8) is 0 Å². The van der Waals surface area contributed by atoms with Gasteiger partial charge in [-0.05, 0) is 30.7 Å². The van der Waals surface area contributed by atoms with Gasteiger partial charge in [-0.2, -0.15) is 0 Å². The average molecular weight is 241 g/mol. The van der Waals surface area contributed by atoms with Crippen molar-refractivity contribution in [1.82, 2.24) is 5.32 Å². The van der Waals surface area contributed by atoms with Crippen LogP contribution in [0.2, 0.25) is 0 Å². The van der Waals surface area contributed by atoms with E-state index < -0.39 is 0 Å². The summed E-state index contributed by atoms with van der Waals surface area (Å²) in [5, 5.41) is 30.1. The van der Waals surface area contributed by atoms with Crippen LogP contribution in [0.15, 0.2) is 18.2 Å². The van der Waals surface area contributed by atoms with Gasteiger partial charge in [0.05, 0.1) is 13.2 Å². The Morgan fingerprint density at radius 1 is 1.12 bits per heavy atom. The lowest BCUT2D eigenvalue weighted by atomic mass is 10.2. The number of aliphatic hydroxyl groups is 1. The third-order valence-corrected chi connectivity index (χ3v) is 2.25. The van der Waals surface area contributed by atoms with Crippen LogP contribution in [0.4, 0.5) is 0 Å². The van der Waals surface area contributed by atoms with Gasteiger partial charge in [-0.15, -0.1) is 0 Å². The van der Waals surface area contributed by atoms with Gasteiger partial charge in [0, 0.05) is 13.2 Å². The molecule has 17 heavy (non-hydrogen) atoms. The van der Waals surface area contributed by atoms with E-state index in [-0.39, 0.29) is 18.1 Å². The first-order valence-electron chi connectivity index (χ1n) is 5.64. The lowest BCUT2D eigenvalue weighted by molar-refractivity contribution is 0.0907. The van der Waals surface area contributed by atoms with Crippen molar-refractivity contribution >= 4 is 0 Å². The lowest BCUT2D eigenvalue weighted by Crippen LogP contribution is -2.16. The number of nitrogens with one attached hydrogen (secondary N) is 1. The second kappa shape index (κ2) is 7.89. The predicted octanol–water partition coefficient (Wildman–Crippen LogP) is 0.586. The van der Waals surface area contributed by atoms with E-state index in [2.05, 4.69) is 5.32 Å². The smallest absolute Gasteiger partial charge is 0.157 e. The summed E-state index contributed by atoms with van der Waals surface area (Å²) in [7, 11) is 0. The Morgan fingerprint density at radius 2 is 1.94 bits per heavy atom. The molecule has 0 fully saturated rings. The van der Waals surface area contributed by atoms with Crippen LogP contribution >= 0.6 is 0 Å². The summed E-state index contributed by atoms with van der Waals surface area (Å²) in [5.41, 5.74) is 0.913. The number of phenolic OH excluding ortho intramolecular Hbond substituents is 2. The molecule has 0 aliphatic carbocycles. The van der Waals surface area contributed by atoms with Gasteiger partial charge in [0.15, 0.2) is 11.5 Å². The Balaban J connectivity index is 2.11. The average Bonchev–Trinajstić information content (AvgIpc) is 2.32. The van der Waals surface area contributed by atoms with Crippen molar-refractivity contribution < 1.29 is 20.1 Å². The van der Waals surface area contributed by atoms with E-state index in [1.165, 1.54) is 12.1 Å². The zero-order chi connectivity index (χ0) is 12.5. The first-order valence-corrected chi connectivity index (χ1v) is 5.64. The van der Waals surface area contributed by atoms with Crippen molar-refractivity contribution in [1.29, 1.82) is 0 Å². The number of hydrogen-bond donors (Lipinski definition) is 4. The van der Waals surface area contributed by atoms with Crippen LogP contribution in [-0.2, 0) is 11.3 Å². The minimum atomic E-state index is -0.105. The Hall–Kier alpha value is -1.30. The summed E-state index contributed by atoms with van der Waals surface area (Å²) in [6.07, 6.45) is 0.865. The van der Waals surface area contributed by atoms with Gasteiger partial charge in [0.2, 0.25) is 0 Å². The summed E-state index contributed by atoms with van der Waals surface area (Å²) in [6.45, 7) is 2.49. The van der Waals surface area contributed by atoms with Gasteiger partial charge in [-0.3, -0.25) is 0 Å². The first-order chi connectivity index (χ1) is 8.24. The largest absolute Gasteiger partial charge is 0.504 e. The molecule has 0 bridgehead atoms. The Kier molecular flexibility index (Phi) is 6.39. The van der Waals surface area contributed by atoms with E-state index in [0.29, 0.717) is 19.8 Å². The number of ether oxygens (including phenoxy) is 1. The van der Waals surface area contributed by atoms with E-state index in [4.69, 9.17) is 14.9 Å². The number of benzene rings is 1. The highest BCUT2D eigenvalue weighted by atomic mass is 16.5. The molecule has 5 heteroatoms. The van der Waals surface area contributed by atoms with Crippen LogP contribution in [-0.4, -0.2) is 41.7 Å². The molecule has 0 spiro atoms. The number of aromatic hydroxyl groups is 2. The summed E-state index contributed by atoms with van der Waals surface area (Å²) >= 11 is 0. The maximum atomic E-state index is 9.28. The Bertz CT molecular complexity index is 330. The standard InChI is InChI=1S/C12H19NO4/c14-5-7-17-6-1-4-13-9-10-2-3-11(15)12(16)8-10/h2-3,8,13-16H,1,4-7,9H2. The van der Waals surface area contributed by atoms with Gasteiger partial charge in [0.25, 0.3) is 0 Å². The molecule has 0 unspecified atom stereocenters. The zero-order valence-corrected chi connectivity index (χ0v) is 9.72. The van der Waals surface area contributed by atoms with Crippen molar-refractivity contribution in [3.05, 3.63) is 23.8 Å².